The van der Waals surface area contributed by atoms with Crippen LogP contribution in [0.5, 0.6) is 0 Å². The molecule has 2 rings (SSSR count). The summed E-state index contributed by atoms with van der Waals surface area (Å²) in [5.41, 5.74) is 6.35. The Bertz CT molecular complexity index is 1310. The first kappa shape index (κ1) is 47.1. The van der Waals surface area contributed by atoms with E-state index in [2.05, 4.69) is 55.4 Å². The first-order valence-corrected chi connectivity index (χ1v) is 16.8. The number of rotatable bonds is 20. The maximum Gasteiger partial charge on any atom is 3.00 e. The summed E-state index contributed by atoms with van der Waals surface area (Å²) in [6.07, 6.45) is 0.356. The summed E-state index contributed by atoms with van der Waals surface area (Å²) in [6.45, 7) is 14.2. The second kappa shape index (κ2) is 22.8. The van der Waals surface area contributed by atoms with Gasteiger partial charge in [0.05, 0.1) is 39.3 Å². The molecule has 2 aromatic rings. The van der Waals surface area contributed by atoms with Gasteiger partial charge in [0, 0.05) is 12.8 Å². The van der Waals surface area contributed by atoms with E-state index in [0.29, 0.717) is 0 Å². The van der Waals surface area contributed by atoms with Crippen LogP contribution in [0.15, 0.2) is 36.4 Å². The first-order valence-electron chi connectivity index (χ1n) is 16.8. The summed E-state index contributed by atoms with van der Waals surface area (Å²) in [5.74, 6) is -3.94. The molecule has 13 heteroatoms. The van der Waals surface area contributed by atoms with Gasteiger partial charge in [-0.05, 0) is 57.1 Å². The molecule has 0 saturated carbocycles. The molecule has 2 aromatic carbocycles. The number of Topliss-reactive ketones (excluding diaryl/α,β-unsaturated/α-hetero) is 2. The summed E-state index contributed by atoms with van der Waals surface area (Å²) < 4.78 is 0. The van der Waals surface area contributed by atoms with Gasteiger partial charge in [0.25, 0.3) is 0 Å². The smallest absolute Gasteiger partial charge is 0.480 e. The molecule has 1 radical (unpaired) electrons. The Hall–Kier alpha value is -3.89. The Kier molecular flexibility index (Phi) is 21.1. The summed E-state index contributed by atoms with van der Waals surface area (Å²) in [4.78, 5) is 70.8. The van der Waals surface area contributed by atoms with Crippen LogP contribution < -0.4 is 0 Å². The van der Waals surface area contributed by atoms with Gasteiger partial charge in [0.2, 0.25) is 0 Å². The van der Waals surface area contributed by atoms with Crippen LogP contribution in [-0.4, -0.2) is 105 Å². The molecule has 279 valence electrons. The zero-order chi connectivity index (χ0) is 38.3. The van der Waals surface area contributed by atoms with Gasteiger partial charge < -0.3 is 20.4 Å². The summed E-state index contributed by atoms with van der Waals surface area (Å²) in [5, 5.41) is 35.5. The number of carbonyl (C=O) groups excluding carboxylic acids is 2. The monoisotopic (exact) mass is 750 g/mol. The number of carboxylic acids is 4. The van der Waals surface area contributed by atoms with Gasteiger partial charge in [0.15, 0.2) is 11.6 Å². The van der Waals surface area contributed by atoms with E-state index in [1.54, 1.807) is 0 Å². The van der Waals surface area contributed by atoms with Crippen molar-refractivity contribution < 1.29 is 66.6 Å². The van der Waals surface area contributed by atoms with Gasteiger partial charge in [-0.25, -0.2) is 0 Å². The van der Waals surface area contributed by atoms with Crippen LogP contribution in [0.3, 0.4) is 0 Å². The molecule has 51 heavy (non-hydrogen) atoms. The molecule has 0 aliphatic rings. The molecule has 0 aliphatic carbocycles. The Morgan fingerprint density at radius 3 is 0.843 bits per heavy atom. The minimum absolute atomic E-state index is 0. The number of hydrogen-bond acceptors (Lipinski definition) is 8. The van der Waals surface area contributed by atoms with E-state index in [0.717, 1.165) is 43.2 Å². The molecule has 0 bridgehead atoms. The summed E-state index contributed by atoms with van der Waals surface area (Å²) in [6, 6.07) is 12.0. The standard InChI is InChI=1S/2C19H27NO5.Cr/c2*1-12(2)15-6-5-7-16(13(3)4)17(15)8-14(21)9-20(10-18(22)23)11-19(24)25;/h2*5-7,12-13H,8-11H2,1-4H3,(H,22,23)(H,24,25);/q;;+3. The molecule has 0 spiro atoms. The van der Waals surface area contributed by atoms with Gasteiger partial charge >= 0.3 is 41.2 Å². The van der Waals surface area contributed by atoms with E-state index in [1.165, 1.54) is 0 Å². The summed E-state index contributed by atoms with van der Waals surface area (Å²) >= 11 is 0. The van der Waals surface area contributed by atoms with Crippen molar-refractivity contribution in [3.05, 3.63) is 69.8 Å². The fraction of sp³-hybridized carbons (Fsp3) is 0.526. The number of carboxylic acid groups (broad SMARTS) is 4. The van der Waals surface area contributed by atoms with Crippen molar-refractivity contribution in [2.24, 2.45) is 0 Å². The number of carbonyl (C=O) groups is 6. The third-order valence-corrected chi connectivity index (χ3v) is 7.97. The minimum atomic E-state index is -1.15. The fourth-order valence-corrected chi connectivity index (χ4v) is 5.92. The molecule has 4 N–H and O–H groups in total. The maximum absolute atomic E-state index is 12.5. The maximum atomic E-state index is 12.5. The van der Waals surface area contributed by atoms with Crippen LogP contribution in [0.2, 0.25) is 0 Å². The SMILES string of the molecule is CC(C)c1cccc(C(C)C)c1CC(=O)CN(CC(=O)O)CC(=O)O.CC(C)c1cccc(C(C)C)c1CC(=O)CN(CC(=O)O)CC(=O)O.[Cr+3]. The Balaban J connectivity index is 0.000000962. The molecule has 0 aliphatic heterocycles. The van der Waals surface area contributed by atoms with E-state index in [4.69, 9.17) is 20.4 Å². The van der Waals surface area contributed by atoms with Gasteiger partial charge in [-0.2, -0.15) is 0 Å². The second-order valence-corrected chi connectivity index (χ2v) is 13.7. The molecule has 12 nitrogen and oxygen atoms in total. The first-order chi connectivity index (χ1) is 23.2. The fourth-order valence-electron chi connectivity index (χ4n) is 5.92. The quantitative estimate of drug-likeness (QED) is 0.142. The molecule has 0 fully saturated rings. The molecule has 0 saturated heterocycles. The number of aliphatic carboxylic acids is 4. The van der Waals surface area contributed by atoms with Gasteiger partial charge in [-0.1, -0.05) is 91.8 Å². The van der Waals surface area contributed by atoms with Crippen molar-refractivity contribution in [2.75, 3.05) is 39.3 Å². The zero-order valence-electron chi connectivity index (χ0n) is 31.0. The average Bonchev–Trinajstić information content (AvgIpc) is 2.95. The zero-order valence-corrected chi connectivity index (χ0v) is 32.2. The molecule has 0 unspecified atom stereocenters. The molecular formula is C38H54CrN2O10+3. The third-order valence-electron chi connectivity index (χ3n) is 7.97. The van der Waals surface area contributed by atoms with E-state index >= 15 is 0 Å². The molecule has 0 aromatic heterocycles. The number of nitrogens with zero attached hydrogens (tertiary/aromatic N) is 2. The molecule has 0 atom stereocenters. The van der Waals surface area contributed by atoms with Gasteiger partial charge in [0.1, 0.15) is 0 Å². The van der Waals surface area contributed by atoms with Gasteiger partial charge in [-0.15, -0.1) is 0 Å². The van der Waals surface area contributed by atoms with Crippen molar-refractivity contribution in [1.29, 1.82) is 0 Å². The molecular weight excluding hydrogens is 696 g/mol. The number of benzene rings is 2. The van der Waals surface area contributed by atoms with Gasteiger partial charge in [-0.3, -0.25) is 38.6 Å². The summed E-state index contributed by atoms with van der Waals surface area (Å²) in [7, 11) is 0. The van der Waals surface area contributed by atoms with E-state index in [1.807, 2.05) is 36.4 Å². The number of hydrogen-bond donors (Lipinski definition) is 4. The van der Waals surface area contributed by atoms with Crippen LogP contribution in [-0.2, 0) is 59.0 Å². The van der Waals surface area contributed by atoms with Crippen LogP contribution in [0.25, 0.3) is 0 Å². The van der Waals surface area contributed by atoms with Crippen LogP contribution in [0.1, 0.15) is 112 Å². The topological polar surface area (TPSA) is 190 Å². The van der Waals surface area contributed by atoms with E-state index in [9.17, 15) is 28.8 Å². The largest absolute Gasteiger partial charge is 3.00 e. The Morgan fingerprint density at radius 2 is 0.667 bits per heavy atom. The molecule has 0 heterocycles. The average molecular weight is 751 g/mol. The van der Waals surface area contributed by atoms with Crippen LogP contribution in [0, 0.1) is 0 Å². The van der Waals surface area contributed by atoms with Crippen molar-refractivity contribution in [3.63, 3.8) is 0 Å². The van der Waals surface area contributed by atoms with Crippen molar-refractivity contribution in [3.8, 4) is 0 Å². The van der Waals surface area contributed by atoms with Crippen LogP contribution >= 0.6 is 0 Å². The van der Waals surface area contributed by atoms with Crippen molar-refractivity contribution >= 4 is 35.4 Å². The minimum Gasteiger partial charge on any atom is -0.480 e. The Morgan fingerprint density at radius 1 is 0.451 bits per heavy atom. The van der Waals surface area contributed by atoms with Crippen molar-refractivity contribution in [2.45, 2.75) is 91.9 Å². The predicted octanol–water partition coefficient (Wildman–Crippen LogP) is 5.03. The molecule has 0 amide bonds. The van der Waals surface area contributed by atoms with E-state index < -0.39 is 50.1 Å². The third kappa shape index (κ3) is 17.3. The van der Waals surface area contributed by atoms with E-state index in [-0.39, 0.29) is 78.5 Å². The number of ketones is 2. The second-order valence-electron chi connectivity index (χ2n) is 13.7. The Labute approximate surface area is 312 Å². The normalized spacial score (nSPS) is 11.1. The van der Waals surface area contributed by atoms with Crippen LogP contribution in [0.4, 0.5) is 0 Å². The van der Waals surface area contributed by atoms with Crippen molar-refractivity contribution in [1.82, 2.24) is 9.80 Å². The predicted molar refractivity (Wildman–Crippen MR) is 190 cm³/mol.